The van der Waals surface area contributed by atoms with E-state index in [0.29, 0.717) is 28.5 Å². The van der Waals surface area contributed by atoms with Crippen LogP contribution in [0.4, 0.5) is 0 Å². The van der Waals surface area contributed by atoms with Gasteiger partial charge in [-0.15, -0.1) is 0 Å². The fourth-order valence-corrected chi connectivity index (χ4v) is 10.3. The Kier molecular flexibility index (Phi) is 7.35. The average molecular weight is 327 g/mol. The van der Waals surface area contributed by atoms with Crippen LogP contribution in [-0.2, 0) is 4.43 Å². The van der Waals surface area contributed by atoms with E-state index in [9.17, 15) is 5.11 Å². The highest BCUT2D eigenvalue weighted by Crippen LogP contribution is 2.46. The predicted molar refractivity (Wildman–Crippen MR) is 98.7 cm³/mol. The molecule has 0 amide bonds. The largest absolute Gasteiger partial charge is 0.409 e. The Morgan fingerprint density at radius 2 is 1.59 bits per heavy atom. The van der Waals surface area contributed by atoms with Crippen molar-refractivity contribution in [1.82, 2.24) is 0 Å². The van der Waals surface area contributed by atoms with Gasteiger partial charge in [-0.05, 0) is 53.3 Å². The Bertz CT molecular complexity index is 341. The summed E-state index contributed by atoms with van der Waals surface area (Å²) in [7, 11) is -1.86. The molecular weight excluding hydrogens is 288 g/mol. The van der Waals surface area contributed by atoms with Gasteiger partial charge >= 0.3 is 0 Å². The quantitative estimate of drug-likeness (QED) is 0.492. The van der Waals surface area contributed by atoms with E-state index in [2.05, 4.69) is 55.0 Å². The molecule has 0 aliphatic heterocycles. The lowest BCUT2D eigenvalue weighted by Gasteiger charge is -2.47. The highest BCUT2D eigenvalue weighted by atomic mass is 28.4. The molecule has 1 rings (SSSR count). The summed E-state index contributed by atoms with van der Waals surface area (Å²) in [4.78, 5) is 0. The first-order valence-corrected chi connectivity index (χ1v) is 11.3. The van der Waals surface area contributed by atoms with E-state index in [1.807, 2.05) is 0 Å². The first-order valence-electron chi connectivity index (χ1n) is 9.14. The van der Waals surface area contributed by atoms with Crippen LogP contribution in [0.3, 0.4) is 0 Å². The van der Waals surface area contributed by atoms with Crippen LogP contribution in [0.5, 0.6) is 0 Å². The van der Waals surface area contributed by atoms with Crippen LogP contribution in [0.1, 0.15) is 67.7 Å². The van der Waals surface area contributed by atoms with Crippen LogP contribution >= 0.6 is 0 Å². The van der Waals surface area contributed by atoms with Crippen LogP contribution in [-0.4, -0.2) is 26.1 Å². The zero-order valence-electron chi connectivity index (χ0n) is 15.9. The van der Waals surface area contributed by atoms with Gasteiger partial charge in [0.05, 0.1) is 6.10 Å². The highest BCUT2D eigenvalue weighted by molar-refractivity contribution is 6.77. The van der Waals surface area contributed by atoms with Crippen molar-refractivity contribution in [3.8, 4) is 0 Å². The molecule has 0 aromatic rings. The molecular formula is C19H38O2Si. The standard InChI is InChI=1S/C19H38O2Si/c1-13(2)22(14(3)4,15(5)6)21-19-12-16(7)11-18(9-10-20)17(19)8/h13-16,18-20H,8-12H2,1-7H3/t16-,18-,19-/m0/s1. The molecule has 0 spiro atoms. The second kappa shape index (κ2) is 8.12. The lowest BCUT2D eigenvalue weighted by Crippen LogP contribution is -2.51. The molecule has 0 bridgehead atoms. The molecule has 0 aromatic carbocycles. The molecule has 1 aliphatic rings. The minimum atomic E-state index is -1.86. The van der Waals surface area contributed by atoms with E-state index in [1.165, 1.54) is 5.57 Å². The van der Waals surface area contributed by atoms with E-state index in [4.69, 9.17) is 4.43 Å². The van der Waals surface area contributed by atoms with Crippen molar-refractivity contribution < 1.29 is 9.53 Å². The SMILES string of the molecule is C=C1[C@@H](CCO)C[C@H](C)C[C@@H]1O[Si](C(C)C)(C(C)C)C(C)C. The second-order valence-electron chi connectivity index (χ2n) is 8.28. The Labute approximate surface area is 139 Å². The van der Waals surface area contributed by atoms with Crippen molar-refractivity contribution >= 4 is 8.32 Å². The summed E-state index contributed by atoms with van der Waals surface area (Å²) in [5.41, 5.74) is 3.06. The lowest BCUT2D eigenvalue weighted by molar-refractivity contribution is 0.124. The van der Waals surface area contributed by atoms with Crippen molar-refractivity contribution in [2.45, 2.75) is 90.5 Å². The normalized spacial score (nSPS) is 27.2. The zero-order chi connectivity index (χ0) is 17.1. The first-order chi connectivity index (χ1) is 10.2. The van der Waals surface area contributed by atoms with Gasteiger partial charge in [0.1, 0.15) is 0 Å². The zero-order valence-corrected chi connectivity index (χ0v) is 16.9. The minimum absolute atomic E-state index is 0.194. The fourth-order valence-electron chi connectivity index (χ4n) is 4.75. The Morgan fingerprint density at radius 1 is 1.09 bits per heavy atom. The first kappa shape index (κ1) is 19.9. The van der Waals surface area contributed by atoms with Crippen molar-refractivity contribution in [3.05, 3.63) is 12.2 Å². The maximum Gasteiger partial charge on any atom is 0.201 e. The summed E-state index contributed by atoms with van der Waals surface area (Å²) in [5, 5.41) is 9.33. The molecule has 0 saturated heterocycles. The van der Waals surface area contributed by atoms with Crippen LogP contribution in [0.25, 0.3) is 0 Å². The third-order valence-corrected chi connectivity index (χ3v) is 11.9. The van der Waals surface area contributed by atoms with Crippen LogP contribution in [0, 0.1) is 11.8 Å². The van der Waals surface area contributed by atoms with E-state index in [1.54, 1.807) is 0 Å². The molecule has 0 heterocycles. The van der Waals surface area contributed by atoms with Gasteiger partial charge in [-0.25, -0.2) is 0 Å². The van der Waals surface area contributed by atoms with Crippen LogP contribution in [0.15, 0.2) is 12.2 Å². The third-order valence-electron chi connectivity index (χ3n) is 5.77. The van der Waals surface area contributed by atoms with Gasteiger partial charge in [-0.1, -0.05) is 55.0 Å². The van der Waals surface area contributed by atoms with E-state index < -0.39 is 8.32 Å². The summed E-state index contributed by atoms with van der Waals surface area (Å²) < 4.78 is 6.98. The summed E-state index contributed by atoms with van der Waals surface area (Å²) in [5.74, 6) is 1.09. The number of hydrogen-bond acceptors (Lipinski definition) is 2. The van der Waals surface area contributed by atoms with Crippen molar-refractivity contribution in [3.63, 3.8) is 0 Å². The number of rotatable bonds is 7. The molecule has 2 nitrogen and oxygen atoms in total. The summed E-state index contributed by atoms with van der Waals surface area (Å²) in [6.07, 6.45) is 3.28. The third kappa shape index (κ3) is 4.04. The molecule has 22 heavy (non-hydrogen) atoms. The second-order valence-corrected chi connectivity index (χ2v) is 13.7. The Hall–Kier alpha value is -0.123. The molecule has 1 fully saturated rings. The van der Waals surface area contributed by atoms with E-state index in [-0.39, 0.29) is 12.7 Å². The molecule has 3 atom stereocenters. The molecule has 1 saturated carbocycles. The topological polar surface area (TPSA) is 29.5 Å². The van der Waals surface area contributed by atoms with Gasteiger partial charge in [0.25, 0.3) is 0 Å². The van der Waals surface area contributed by atoms with Crippen molar-refractivity contribution in [2.24, 2.45) is 11.8 Å². The molecule has 0 radical (unpaired) electrons. The molecule has 1 N–H and O–H groups in total. The predicted octanol–water partition coefficient (Wildman–Crippen LogP) is 5.53. The monoisotopic (exact) mass is 326 g/mol. The molecule has 0 aromatic heterocycles. The maximum absolute atomic E-state index is 9.33. The van der Waals surface area contributed by atoms with Gasteiger partial charge < -0.3 is 9.53 Å². The maximum atomic E-state index is 9.33. The number of aliphatic hydroxyl groups excluding tert-OH is 1. The van der Waals surface area contributed by atoms with Gasteiger partial charge in [0, 0.05) is 6.61 Å². The van der Waals surface area contributed by atoms with Crippen LogP contribution < -0.4 is 0 Å². The van der Waals surface area contributed by atoms with Crippen LogP contribution in [0.2, 0.25) is 16.6 Å². The van der Waals surface area contributed by atoms with Crippen molar-refractivity contribution in [1.29, 1.82) is 0 Å². The summed E-state index contributed by atoms with van der Waals surface area (Å²) >= 11 is 0. The molecule has 0 unspecified atom stereocenters. The molecule has 130 valence electrons. The molecule has 3 heteroatoms. The van der Waals surface area contributed by atoms with E-state index in [0.717, 1.165) is 19.3 Å². The van der Waals surface area contributed by atoms with Gasteiger partial charge in [0.15, 0.2) is 0 Å². The molecule has 1 aliphatic carbocycles. The minimum Gasteiger partial charge on any atom is -0.409 e. The Balaban J connectivity index is 3.03. The lowest BCUT2D eigenvalue weighted by atomic mass is 9.76. The van der Waals surface area contributed by atoms with E-state index >= 15 is 0 Å². The van der Waals surface area contributed by atoms with Gasteiger partial charge in [-0.3, -0.25) is 0 Å². The van der Waals surface area contributed by atoms with Gasteiger partial charge in [-0.2, -0.15) is 0 Å². The van der Waals surface area contributed by atoms with Crippen molar-refractivity contribution in [2.75, 3.05) is 6.61 Å². The number of hydrogen-bond donors (Lipinski definition) is 1. The Morgan fingerprint density at radius 3 is 2.00 bits per heavy atom. The summed E-state index contributed by atoms with van der Waals surface area (Å²) in [6, 6.07) is 0. The average Bonchev–Trinajstić information content (AvgIpc) is 2.39. The van der Waals surface area contributed by atoms with Gasteiger partial charge in [0.2, 0.25) is 8.32 Å². The number of aliphatic hydroxyl groups is 1. The highest BCUT2D eigenvalue weighted by Gasteiger charge is 2.48. The smallest absolute Gasteiger partial charge is 0.201 e. The summed E-state index contributed by atoms with van der Waals surface area (Å²) in [6.45, 7) is 21.0. The fraction of sp³-hybridized carbons (Fsp3) is 0.895.